The fourth-order valence-corrected chi connectivity index (χ4v) is 4.24. The predicted octanol–water partition coefficient (Wildman–Crippen LogP) is 4.64. The van der Waals surface area contributed by atoms with Crippen molar-refractivity contribution in [1.82, 2.24) is 10.1 Å². The van der Waals surface area contributed by atoms with Gasteiger partial charge in [-0.2, -0.15) is 0 Å². The molecule has 0 saturated heterocycles. The highest BCUT2D eigenvalue weighted by atomic mass is 32.2. The Hall–Kier alpha value is -3.06. The Kier molecular flexibility index (Phi) is 6.95. The molecular weight excluding hydrogens is 400 g/mol. The summed E-state index contributed by atoms with van der Waals surface area (Å²) >= 11 is 1.59. The zero-order chi connectivity index (χ0) is 21.7. The lowest BCUT2D eigenvalue weighted by Crippen LogP contribution is -2.26. The van der Waals surface area contributed by atoms with Gasteiger partial charge in [-0.15, -0.1) is 11.8 Å². The number of carbonyl (C=O) groups is 2. The van der Waals surface area contributed by atoms with Gasteiger partial charge in [0.25, 0.3) is 5.91 Å². The minimum atomic E-state index is -0.379. The van der Waals surface area contributed by atoms with Crippen LogP contribution in [0.4, 0.5) is 0 Å². The number of amides is 1. The molecule has 0 aliphatic carbocycles. The second-order valence-electron chi connectivity index (χ2n) is 6.94. The van der Waals surface area contributed by atoms with Gasteiger partial charge in [0, 0.05) is 29.8 Å². The first-order valence-electron chi connectivity index (χ1n) is 9.47. The van der Waals surface area contributed by atoms with Crippen molar-refractivity contribution in [3.05, 3.63) is 82.2 Å². The summed E-state index contributed by atoms with van der Waals surface area (Å²) in [4.78, 5) is 27.2. The Bertz CT molecular complexity index is 1020. The van der Waals surface area contributed by atoms with Gasteiger partial charge in [-0.25, -0.2) is 4.79 Å². The third-order valence-corrected chi connectivity index (χ3v) is 5.91. The van der Waals surface area contributed by atoms with Crippen molar-refractivity contribution < 1.29 is 18.8 Å². The highest BCUT2D eigenvalue weighted by molar-refractivity contribution is 7.98. The van der Waals surface area contributed by atoms with E-state index >= 15 is 0 Å². The maximum Gasteiger partial charge on any atom is 0.337 e. The number of aromatic nitrogens is 1. The summed E-state index contributed by atoms with van der Waals surface area (Å²) in [7, 11) is 3.12. The van der Waals surface area contributed by atoms with Crippen LogP contribution in [0.15, 0.2) is 57.9 Å². The lowest BCUT2D eigenvalue weighted by molar-refractivity contribution is 0.0600. The normalized spacial score (nSPS) is 10.7. The molecule has 0 aliphatic rings. The number of esters is 1. The van der Waals surface area contributed by atoms with Crippen molar-refractivity contribution in [3.63, 3.8) is 0 Å². The lowest BCUT2D eigenvalue weighted by Gasteiger charge is -2.19. The number of methoxy groups -OCH3 is 1. The molecule has 0 unspecified atom stereocenters. The Morgan fingerprint density at radius 1 is 1.10 bits per heavy atom. The third-order valence-electron chi connectivity index (χ3n) is 4.81. The van der Waals surface area contributed by atoms with Crippen LogP contribution in [0.2, 0.25) is 0 Å². The van der Waals surface area contributed by atoms with Crippen LogP contribution in [0, 0.1) is 13.8 Å². The first kappa shape index (κ1) is 21.6. The number of thioether (sulfide) groups is 1. The van der Waals surface area contributed by atoms with Crippen LogP contribution in [-0.2, 0) is 17.0 Å². The molecule has 0 spiro atoms. The summed E-state index contributed by atoms with van der Waals surface area (Å²) in [6.45, 7) is 4.25. The number of rotatable bonds is 7. The molecule has 0 saturated carbocycles. The molecule has 156 valence electrons. The molecule has 1 heterocycles. The average molecular weight is 425 g/mol. The molecule has 6 nitrogen and oxygen atoms in total. The maximum absolute atomic E-state index is 13.1. The van der Waals surface area contributed by atoms with Crippen molar-refractivity contribution in [2.45, 2.75) is 31.0 Å². The van der Waals surface area contributed by atoms with Gasteiger partial charge in [-0.3, -0.25) is 4.79 Å². The van der Waals surface area contributed by atoms with Crippen molar-refractivity contribution in [2.75, 3.05) is 14.2 Å². The molecule has 0 N–H and O–H groups in total. The quantitative estimate of drug-likeness (QED) is 0.406. The Morgan fingerprint density at radius 3 is 2.43 bits per heavy atom. The SMILES string of the molecule is COC(=O)c1ccc(CN(C)C(=O)c2ccccc2SCc2c(C)noc2C)cc1. The summed E-state index contributed by atoms with van der Waals surface area (Å²) in [5.74, 6) is 1.05. The van der Waals surface area contributed by atoms with Gasteiger partial charge in [0.2, 0.25) is 0 Å². The van der Waals surface area contributed by atoms with E-state index < -0.39 is 0 Å². The highest BCUT2D eigenvalue weighted by Gasteiger charge is 2.18. The summed E-state index contributed by atoms with van der Waals surface area (Å²) < 4.78 is 9.94. The van der Waals surface area contributed by atoms with Crippen molar-refractivity contribution >= 4 is 23.6 Å². The van der Waals surface area contributed by atoms with E-state index in [0.717, 1.165) is 27.5 Å². The molecule has 3 aromatic rings. The van der Waals surface area contributed by atoms with Crippen LogP contribution < -0.4 is 0 Å². The van der Waals surface area contributed by atoms with Gasteiger partial charge < -0.3 is 14.2 Å². The number of carbonyl (C=O) groups excluding carboxylic acids is 2. The molecule has 0 aliphatic heterocycles. The van der Waals surface area contributed by atoms with E-state index in [1.54, 1.807) is 35.8 Å². The molecule has 1 aromatic heterocycles. The number of ether oxygens (including phenoxy) is 1. The molecule has 0 bridgehead atoms. The number of nitrogens with zero attached hydrogens (tertiary/aromatic N) is 2. The second kappa shape index (κ2) is 9.63. The zero-order valence-corrected chi connectivity index (χ0v) is 18.3. The van der Waals surface area contributed by atoms with Crippen LogP contribution in [-0.4, -0.2) is 36.1 Å². The van der Waals surface area contributed by atoms with E-state index in [9.17, 15) is 9.59 Å². The van der Waals surface area contributed by atoms with Crippen LogP contribution in [0.3, 0.4) is 0 Å². The standard InChI is InChI=1S/C23H24N2O4S/c1-15-20(16(2)29-24-15)14-30-21-8-6-5-7-19(21)22(26)25(3)13-17-9-11-18(12-10-17)23(27)28-4/h5-12H,13-14H2,1-4H3. The highest BCUT2D eigenvalue weighted by Crippen LogP contribution is 2.29. The summed E-state index contributed by atoms with van der Waals surface area (Å²) in [5, 5.41) is 3.99. The Morgan fingerprint density at radius 2 is 1.80 bits per heavy atom. The van der Waals surface area contributed by atoms with E-state index in [1.807, 2.05) is 50.2 Å². The van der Waals surface area contributed by atoms with E-state index in [0.29, 0.717) is 23.4 Å². The molecule has 1 amide bonds. The van der Waals surface area contributed by atoms with Crippen molar-refractivity contribution in [1.29, 1.82) is 0 Å². The van der Waals surface area contributed by atoms with Gasteiger partial charge in [-0.1, -0.05) is 29.4 Å². The topological polar surface area (TPSA) is 72.6 Å². The molecule has 0 atom stereocenters. The first-order chi connectivity index (χ1) is 14.4. The van der Waals surface area contributed by atoms with Crippen LogP contribution in [0.1, 0.15) is 43.3 Å². The van der Waals surface area contributed by atoms with Crippen molar-refractivity contribution in [2.24, 2.45) is 0 Å². The van der Waals surface area contributed by atoms with E-state index in [2.05, 4.69) is 5.16 Å². The first-order valence-corrected chi connectivity index (χ1v) is 10.5. The van der Waals surface area contributed by atoms with E-state index in [-0.39, 0.29) is 11.9 Å². The monoisotopic (exact) mass is 424 g/mol. The largest absolute Gasteiger partial charge is 0.465 e. The molecule has 30 heavy (non-hydrogen) atoms. The minimum absolute atomic E-state index is 0.0612. The number of benzene rings is 2. The van der Waals surface area contributed by atoms with Crippen LogP contribution in [0.5, 0.6) is 0 Å². The Balaban J connectivity index is 1.71. The van der Waals surface area contributed by atoms with Gasteiger partial charge in [0.1, 0.15) is 5.76 Å². The van der Waals surface area contributed by atoms with E-state index in [4.69, 9.17) is 9.26 Å². The van der Waals surface area contributed by atoms with Gasteiger partial charge in [-0.05, 0) is 43.7 Å². The molecule has 3 rings (SSSR count). The summed E-state index contributed by atoms with van der Waals surface area (Å²) in [6, 6.07) is 14.6. The van der Waals surface area contributed by atoms with Crippen molar-refractivity contribution in [3.8, 4) is 0 Å². The van der Waals surface area contributed by atoms with Gasteiger partial charge in [0.05, 0.1) is 23.9 Å². The fourth-order valence-electron chi connectivity index (χ4n) is 3.04. The minimum Gasteiger partial charge on any atom is -0.465 e. The smallest absolute Gasteiger partial charge is 0.337 e. The van der Waals surface area contributed by atoms with Crippen LogP contribution in [0.25, 0.3) is 0 Å². The fraction of sp³-hybridized carbons (Fsp3) is 0.261. The van der Waals surface area contributed by atoms with Crippen LogP contribution >= 0.6 is 11.8 Å². The van der Waals surface area contributed by atoms with Gasteiger partial charge >= 0.3 is 5.97 Å². The maximum atomic E-state index is 13.1. The number of hydrogen-bond donors (Lipinski definition) is 0. The zero-order valence-electron chi connectivity index (χ0n) is 17.5. The summed E-state index contributed by atoms with van der Waals surface area (Å²) in [6.07, 6.45) is 0. The second-order valence-corrected chi connectivity index (χ2v) is 7.95. The Labute approximate surface area is 180 Å². The molecular formula is C23H24N2O4S. The molecule has 2 aromatic carbocycles. The average Bonchev–Trinajstić information content (AvgIpc) is 3.09. The predicted molar refractivity (Wildman–Crippen MR) is 116 cm³/mol. The van der Waals surface area contributed by atoms with E-state index in [1.165, 1.54) is 7.11 Å². The number of aryl methyl sites for hydroxylation is 2. The third kappa shape index (κ3) is 4.91. The molecule has 7 heteroatoms. The molecule has 0 fully saturated rings. The lowest BCUT2D eigenvalue weighted by atomic mass is 10.1. The number of hydrogen-bond acceptors (Lipinski definition) is 6. The molecule has 0 radical (unpaired) electrons. The summed E-state index contributed by atoms with van der Waals surface area (Å²) in [5.41, 5.74) is 4.00. The van der Waals surface area contributed by atoms with Gasteiger partial charge in [0.15, 0.2) is 0 Å².